The Kier molecular flexibility index (Phi) is 51.6. The Morgan fingerprint density at radius 3 is 1.14 bits per heavy atom. The molecule has 0 fully saturated rings. The predicted octanol–water partition coefficient (Wildman–Crippen LogP) is 18.5. The fraction of sp³-hybridized carbons (Fsp3) is 0.885. The lowest BCUT2D eigenvalue weighted by molar-refractivity contribution is -0.870. The molecule has 0 aromatic rings. The van der Waals surface area contributed by atoms with Crippen molar-refractivity contribution in [2.75, 3.05) is 40.9 Å². The van der Waals surface area contributed by atoms with Gasteiger partial charge in [0.2, 0.25) is 5.91 Å². The van der Waals surface area contributed by atoms with Gasteiger partial charge in [-0.1, -0.05) is 281 Å². The van der Waals surface area contributed by atoms with E-state index < -0.39 is 20.0 Å². The summed E-state index contributed by atoms with van der Waals surface area (Å²) in [4.78, 5) is 23.3. The number of carbonyl (C=O) groups excluding carboxylic acids is 1. The van der Waals surface area contributed by atoms with Gasteiger partial charge in [0, 0.05) is 6.42 Å². The van der Waals surface area contributed by atoms with Crippen LogP contribution in [-0.4, -0.2) is 73.4 Å². The molecule has 0 saturated heterocycles. The minimum absolute atomic E-state index is 0.0551. The summed E-state index contributed by atoms with van der Waals surface area (Å²) in [5.74, 6) is -0.187. The number of nitrogens with zero attached hydrogens (tertiary/aromatic N) is 1. The number of unbranched alkanes of at least 4 members (excludes halogenated alkanes) is 39. The molecule has 8 nitrogen and oxygen atoms in total. The summed E-state index contributed by atoms with van der Waals surface area (Å²) < 4.78 is 23.7. The number of hydrogen-bond donors (Lipinski definition) is 3. The number of allylic oxidation sites excluding steroid dienone is 5. The molecule has 0 rings (SSSR count). The molecule has 1 amide bonds. The number of phosphoric ester groups is 1. The van der Waals surface area contributed by atoms with Crippen molar-refractivity contribution in [3.8, 4) is 0 Å². The van der Waals surface area contributed by atoms with Gasteiger partial charge >= 0.3 is 7.82 Å². The number of hydrogen-bond acceptors (Lipinski definition) is 5. The van der Waals surface area contributed by atoms with Gasteiger partial charge in [-0.15, -0.1) is 0 Å². The van der Waals surface area contributed by atoms with E-state index in [0.29, 0.717) is 17.4 Å². The van der Waals surface area contributed by atoms with Crippen LogP contribution in [0.15, 0.2) is 36.5 Å². The van der Waals surface area contributed by atoms with Gasteiger partial charge in [-0.05, 0) is 44.9 Å². The number of nitrogens with one attached hydrogen (secondary N) is 1. The van der Waals surface area contributed by atoms with Crippen molar-refractivity contribution in [1.82, 2.24) is 5.32 Å². The number of phosphoric acid groups is 1. The zero-order valence-electron chi connectivity index (χ0n) is 47.3. The van der Waals surface area contributed by atoms with Gasteiger partial charge in [-0.25, -0.2) is 4.57 Å². The molecule has 3 unspecified atom stereocenters. The maximum Gasteiger partial charge on any atom is 0.472 e. The molecule has 0 saturated carbocycles. The molecule has 0 aliphatic carbocycles. The lowest BCUT2D eigenvalue weighted by Crippen LogP contribution is -2.45. The van der Waals surface area contributed by atoms with Gasteiger partial charge in [0.25, 0.3) is 0 Å². The van der Waals surface area contributed by atoms with Crippen molar-refractivity contribution in [2.24, 2.45) is 0 Å². The summed E-state index contributed by atoms with van der Waals surface area (Å²) in [6.07, 6.45) is 68.5. The second kappa shape index (κ2) is 52.6. The quantitative estimate of drug-likeness (QED) is 0.0243. The highest BCUT2D eigenvalue weighted by molar-refractivity contribution is 7.47. The minimum Gasteiger partial charge on any atom is -0.387 e. The molecule has 3 atom stereocenters. The summed E-state index contributed by atoms with van der Waals surface area (Å²) >= 11 is 0. The number of quaternary nitrogens is 1. The number of carbonyl (C=O) groups is 1. The lowest BCUT2D eigenvalue weighted by Gasteiger charge is -2.25. The molecule has 70 heavy (non-hydrogen) atoms. The zero-order chi connectivity index (χ0) is 51.3. The van der Waals surface area contributed by atoms with Gasteiger partial charge in [0.1, 0.15) is 13.2 Å². The van der Waals surface area contributed by atoms with E-state index in [1.54, 1.807) is 6.08 Å². The Labute approximate surface area is 436 Å². The van der Waals surface area contributed by atoms with Crippen molar-refractivity contribution in [3.05, 3.63) is 36.5 Å². The Bertz CT molecular complexity index is 1230. The van der Waals surface area contributed by atoms with Crippen LogP contribution >= 0.6 is 7.82 Å². The van der Waals surface area contributed by atoms with E-state index >= 15 is 0 Å². The van der Waals surface area contributed by atoms with Crippen molar-refractivity contribution < 1.29 is 32.9 Å². The molecule has 0 spiro atoms. The summed E-state index contributed by atoms with van der Waals surface area (Å²) in [6.45, 7) is 4.82. The number of amides is 1. The Morgan fingerprint density at radius 1 is 0.471 bits per heavy atom. The maximum atomic E-state index is 13.0. The molecule has 3 N–H and O–H groups in total. The first-order valence-corrected chi connectivity index (χ1v) is 31.9. The van der Waals surface area contributed by atoms with E-state index in [-0.39, 0.29) is 19.1 Å². The second-order valence-electron chi connectivity index (χ2n) is 22.1. The van der Waals surface area contributed by atoms with Crippen LogP contribution in [0.2, 0.25) is 0 Å². The molecule has 0 aromatic heterocycles. The maximum absolute atomic E-state index is 13.0. The van der Waals surface area contributed by atoms with E-state index in [1.165, 1.54) is 231 Å². The van der Waals surface area contributed by atoms with Crippen LogP contribution in [0.3, 0.4) is 0 Å². The summed E-state index contributed by atoms with van der Waals surface area (Å²) in [7, 11) is 1.56. The van der Waals surface area contributed by atoms with Crippen LogP contribution in [0.5, 0.6) is 0 Å². The van der Waals surface area contributed by atoms with Crippen LogP contribution in [0.4, 0.5) is 0 Å². The molecule has 0 aliphatic rings. The van der Waals surface area contributed by atoms with Crippen LogP contribution in [-0.2, 0) is 18.4 Å². The first kappa shape index (κ1) is 68.7. The van der Waals surface area contributed by atoms with E-state index in [4.69, 9.17) is 9.05 Å². The van der Waals surface area contributed by atoms with Crippen LogP contribution in [0.25, 0.3) is 0 Å². The zero-order valence-corrected chi connectivity index (χ0v) is 48.2. The predicted molar refractivity (Wildman–Crippen MR) is 304 cm³/mol. The molecule has 0 aliphatic heterocycles. The van der Waals surface area contributed by atoms with Gasteiger partial charge in [-0.2, -0.15) is 0 Å². The van der Waals surface area contributed by atoms with Crippen molar-refractivity contribution in [3.63, 3.8) is 0 Å². The van der Waals surface area contributed by atoms with Crippen LogP contribution in [0, 0.1) is 0 Å². The van der Waals surface area contributed by atoms with Crippen LogP contribution in [0.1, 0.15) is 296 Å². The third-order valence-electron chi connectivity index (χ3n) is 13.8. The third kappa shape index (κ3) is 54.5. The lowest BCUT2D eigenvalue weighted by atomic mass is 10.0. The van der Waals surface area contributed by atoms with E-state index in [9.17, 15) is 19.4 Å². The number of aliphatic hydroxyl groups excluding tert-OH is 1. The Hall–Kier alpha value is -1.28. The normalized spacial score (nSPS) is 14.1. The molecule has 0 radical (unpaired) electrons. The first-order chi connectivity index (χ1) is 34.0. The molecular weight excluding hydrogens is 888 g/mol. The average molecular weight is 1010 g/mol. The first-order valence-electron chi connectivity index (χ1n) is 30.4. The average Bonchev–Trinajstić information content (AvgIpc) is 3.32. The highest BCUT2D eigenvalue weighted by atomic mass is 31.2. The van der Waals surface area contributed by atoms with Crippen molar-refractivity contribution >= 4 is 13.7 Å². The highest BCUT2D eigenvalue weighted by Gasteiger charge is 2.27. The minimum atomic E-state index is -4.36. The Balaban J connectivity index is 4.15. The Morgan fingerprint density at radius 2 is 0.786 bits per heavy atom. The van der Waals surface area contributed by atoms with Crippen LogP contribution < -0.4 is 5.32 Å². The molecule has 414 valence electrons. The summed E-state index contributed by atoms with van der Waals surface area (Å²) in [5, 5.41) is 13.9. The van der Waals surface area contributed by atoms with Gasteiger partial charge in [0.05, 0.1) is 39.9 Å². The third-order valence-corrected chi connectivity index (χ3v) is 14.8. The van der Waals surface area contributed by atoms with Gasteiger partial charge in [-0.3, -0.25) is 13.8 Å². The molecular formula is C61H120N2O6P+. The van der Waals surface area contributed by atoms with E-state index in [0.717, 1.165) is 44.9 Å². The largest absolute Gasteiger partial charge is 0.472 e. The molecule has 0 heterocycles. The molecule has 9 heteroatoms. The highest BCUT2D eigenvalue weighted by Crippen LogP contribution is 2.43. The monoisotopic (exact) mass is 1010 g/mol. The summed E-state index contributed by atoms with van der Waals surface area (Å²) in [6, 6.07) is -0.868. The fourth-order valence-electron chi connectivity index (χ4n) is 9.08. The van der Waals surface area contributed by atoms with E-state index in [2.05, 4.69) is 43.5 Å². The number of aliphatic hydroxyl groups is 1. The standard InChI is InChI=1S/C61H119N2O6P/c1-6-8-10-12-14-16-18-20-22-24-25-26-27-28-29-30-31-32-33-34-35-36-37-38-39-40-42-44-46-48-50-52-54-60(64)59(58-69-70(66,67)68-57-56-63(3,4)5)62-61(65)55-53-51-49-47-45-43-41-23-21-19-17-15-13-11-9-7-2/h38-39,44,46,52,54,59-60,64H,6-37,40-43,45,47-51,53,55-58H2,1-5H3,(H-,62,65,66,67)/p+1/b39-38+,46-44+,54-52+. The van der Waals surface area contributed by atoms with E-state index in [1.807, 2.05) is 27.2 Å². The fourth-order valence-corrected chi connectivity index (χ4v) is 9.81. The van der Waals surface area contributed by atoms with Gasteiger partial charge < -0.3 is 19.8 Å². The smallest absolute Gasteiger partial charge is 0.387 e. The SMILES string of the molecule is CCCCCCCCCCCCCCCCCCCCCCCC/C=C/CC/C=C/CC/C=C/C(O)C(COP(=O)(O)OCC[N+](C)(C)C)NC(=O)CCCCCCCCCCCCCCCCCC. The molecule has 0 bridgehead atoms. The van der Waals surface area contributed by atoms with Crippen molar-refractivity contribution in [1.29, 1.82) is 0 Å². The summed E-state index contributed by atoms with van der Waals surface area (Å²) in [5.41, 5.74) is 0. The van der Waals surface area contributed by atoms with Gasteiger partial charge in [0.15, 0.2) is 0 Å². The van der Waals surface area contributed by atoms with Crippen molar-refractivity contribution in [2.45, 2.75) is 309 Å². The second-order valence-corrected chi connectivity index (χ2v) is 23.5. The number of likely N-dealkylation sites (N-methyl/N-ethyl adjacent to an activating group) is 1. The molecule has 0 aromatic carbocycles. The topological polar surface area (TPSA) is 105 Å². The number of rotatable bonds is 56.